The Balaban J connectivity index is 1.44. The van der Waals surface area contributed by atoms with E-state index in [-0.39, 0.29) is 17.7 Å². The number of carbonyl (C=O) groups is 2. The summed E-state index contributed by atoms with van der Waals surface area (Å²) in [5.41, 5.74) is 0.864. The van der Waals surface area contributed by atoms with Crippen LogP contribution < -0.4 is 20.7 Å². The fourth-order valence-electron chi connectivity index (χ4n) is 1.86. The molecule has 1 aliphatic rings. The summed E-state index contributed by atoms with van der Waals surface area (Å²) in [6.07, 6.45) is 1.95. The Kier molecular flexibility index (Phi) is 5.71. The molecule has 3 N–H and O–H groups in total. The number of hydrogen-bond donors (Lipinski definition) is 3. The molecule has 2 aromatic rings. The molecule has 1 aliphatic carbocycles. The second-order valence-electron chi connectivity index (χ2n) is 5.31. The average Bonchev–Trinajstić information content (AvgIpc) is 3.30. The maximum absolute atomic E-state index is 11.7. The molecule has 8 nitrogen and oxygen atoms in total. The summed E-state index contributed by atoms with van der Waals surface area (Å²) >= 11 is 2.57. The summed E-state index contributed by atoms with van der Waals surface area (Å²) < 4.78 is 5.75. The Hall–Kier alpha value is -2.33. The van der Waals surface area contributed by atoms with Crippen molar-refractivity contribution in [2.45, 2.75) is 23.2 Å². The van der Waals surface area contributed by atoms with Crippen LogP contribution in [0.3, 0.4) is 0 Å². The zero-order valence-electron chi connectivity index (χ0n) is 13.4. The van der Waals surface area contributed by atoms with Crippen molar-refractivity contribution in [1.29, 1.82) is 0 Å². The largest absolute Gasteiger partial charge is 0.497 e. The average molecular weight is 379 g/mol. The highest BCUT2D eigenvalue weighted by Crippen LogP contribution is 2.28. The van der Waals surface area contributed by atoms with E-state index in [1.807, 2.05) is 24.3 Å². The molecule has 0 radical (unpaired) electrons. The highest BCUT2D eigenvalue weighted by Gasteiger charge is 2.23. The standard InChI is InChI=1S/C15H17N5O3S2/c1-23-11-6-4-10(5-7-11)17-14-19-20-15(25-14)24-8-12(21)18-13(22)16-9-2-3-9/h4-7,9H,2-3,8H2,1H3,(H,17,19)(H2,16,18,21,22). The van der Waals surface area contributed by atoms with E-state index >= 15 is 0 Å². The lowest BCUT2D eigenvalue weighted by Crippen LogP contribution is -2.41. The van der Waals surface area contributed by atoms with Gasteiger partial charge in [0.05, 0.1) is 12.9 Å². The minimum absolute atomic E-state index is 0.106. The molecular weight excluding hydrogens is 362 g/mol. The summed E-state index contributed by atoms with van der Waals surface area (Å²) in [7, 11) is 1.61. The molecule has 1 fully saturated rings. The minimum Gasteiger partial charge on any atom is -0.497 e. The predicted molar refractivity (Wildman–Crippen MR) is 96.6 cm³/mol. The molecule has 0 spiro atoms. The van der Waals surface area contributed by atoms with Gasteiger partial charge < -0.3 is 15.4 Å². The van der Waals surface area contributed by atoms with Crippen molar-refractivity contribution in [3.8, 4) is 5.75 Å². The molecule has 1 saturated carbocycles. The summed E-state index contributed by atoms with van der Waals surface area (Å²) in [5, 5.41) is 16.8. The van der Waals surface area contributed by atoms with Gasteiger partial charge in [0.25, 0.3) is 0 Å². The molecule has 0 unspecified atom stereocenters. The Bertz CT molecular complexity index is 746. The molecule has 0 atom stereocenters. The van der Waals surface area contributed by atoms with Crippen molar-refractivity contribution in [2.75, 3.05) is 18.2 Å². The molecule has 3 amide bonds. The molecule has 132 valence electrons. The van der Waals surface area contributed by atoms with Crippen LogP contribution in [-0.4, -0.2) is 41.0 Å². The van der Waals surface area contributed by atoms with Crippen molar-refractivity contribution >= 4 is 45.9 Å². The molecule has 1 heterocycles. The van der Waals surface area contributed by atoms with Gasteiger partial charge in [0, 0.05) is 11.7 Å². The molecule has 0 saturated heterocycles. The number of urea groups is 1. The number of thioether (sulfide) groups is 1. The number of nitrogens with one attached hydrogen (secondary N) is 3. The van der Waals surface area contributed by atoms with Gasteiger partial charge in [0.15, 0.2) is 4.34 Å². The van der Waals surface area contributed by atoms with Crippen LogP contribution in [0.1, 0.15) is 12.8 Å². The first-order valence-corrected chi connectivity index (χ1v) is 9.40. The number of nitrogens with zero attached hydrogens (tertiary/aromatic N) is 2. The molecular formula is C15H17N5O3S2. The Morgan fingerprint density at radius 3 is 2.72 bits per heavy atom. The zero-order valence-corrected chi connectivity index (χ0v) is 15.1. The number of imide groups is 1. The number of amides is 3. The summed E-state index contributed by atoms with van der Waals surface area (Å²) in [6.45, 7) is 0. The van der Waals surface area contributed by atoms with Crippen LogP contribution in [0.4, 0.5) is 15.6 Å². The van der Waals surface area contributed by atoms with E-state index in [2.05, 4.69) is 26.1 Å². The number of methoxy groups -OCH3 is 1. The first kappa shape index (κ1) is 17.5. The molecule has 10 heteroatoms. The maximum atomic E-state index is 11.7. The van der Waals surface area contributed by atoms with E-state index in [9.17, 15) is 9.59 Å². The Morgan fingerprint density at radius 2 is 2.04 bits per heavy atom. The lowest BCUT2D eigenvalue weighted by atomic mass is 10.3. The molecule has 3 rings (SSSR count). The smallest absolute Gasteiger partial charge is 0.321 e. The van der Waals surface area contributed by atoms with E-state index < -0.39 is 6.03 Å². The summed E-state index contributed by atoms with van der Waals surface area (Å²) in [5.74, 6) is 0.522. The number of carbonyl (C=O) groups excluding carboxylic acids is 2. The van der Waals surface area contributed by atoms with Crippen LogP contribution in [0.15, 0.2) is 28.6 Å². The van der Waals surface area contributed by atoms with Crippen LogP contribution in [0.5, 0.6) is 5.75 Å². The van der Waals surface area contributed by atoms with E-state index in [4.69, 9.17) is 4.74 Å². The number of ether oxygens (including phenoxy) is 1. The van der Waals surface area contributed by atoms with Crippen molar-refractivity contribution in [1.82, 2.24) is 20.8 Å². The van der Waals surface area contributed by atoms with E-state index in [1.54, 1.807) is 7.11 Å². The van der Waals surface area contributed by atoms with Crippen LogP contribution in [0.2, 0.25) is 0 Å². The van der Waals surface area contributed by atoms with Gasteiger partial charge in [-0.15, -0.1) is 10.2 Å². The second kappa shape index (κ2) is 8.17. The maximum Gasteiger partial charge on any atom is 0.321 e. The van der Waals surface area contributed by atoms with Gasteiger partial charge in [-0.3, -0.25) is 10.1 Å². The minimum atomic E-state index is -0.438. The van der Waals surface area contributed by atoms with Crippen LogP contribution in [-0.2, 0) is 4.79 Å². The van der Waals surface area contributed by atoms with Gasteiger partial charge in [-0.05, 0) is 37.1 Å². The molecule has 1 aromatic heterocycles. The van der Waals surface area contributed by atoms with E-state index in [1.165, 1.54) is 23.1 Å². The second-order valence-corrected chi connectivity index (χ2v) is 7.51. The van der Waals surface area contributed by atoms with Gasteiger partial charge in [0.2, 0.25) is 11.0 Å². The normalized spacial score (nSPS) is 13.2. The third-order valence-electron chi connectivity index (χ3n) is 3.24. The van der Waals surface area contributed by atoms with E-state index in [0.717, 1.165) is 24.3 Å². The fraction of sp³-hybridized carbons (Fsp3) is 0.333. The monoisotopic (exact) mass is 379 g/mol. The van der Waals surface area contributed by atoms with E-state index in [0.29, 0.717) is 9.47 Å². The van der Waals surface area contributed by atoms with Crippen LogP contribution in [0, 0.1) is 0 Å². The molecule has 0 bridgehead atoms. The lowest BCUT2D eigenvalue weighted by molar-refractivity contribution is -0.117. The third-order valence-corrected chi connectivity index (χ3v) is 5.21. The number of anilines is 2. The molecule has 25 heavy (non-hydrogen) atoms. The number of aromatic nitrogens is 2. The Morgan fingerprint density at radius 1 is 1.28 bits per heavy atom. The van der Waals surface area contributed by atoms with Crippen LogP contribution in [0.25, 0.3) is 0 Å². The van der Waals surface area contributed by atoms with Crippen molar-refractivity contribution < 1.29 is 14.3 Å². The number of hydrogen-bond acceptors (Lipinski definition) is 8. The highest BCUT2D eigenvalue weighted by atomic mass is 32.2. The van der Waals surface area contributed by atoms with Gasteiger partial charge in [-0.1, -0.05) is 23.1 Å². The quantitative estimate of drug-likeness (QED) is 0.634. The van der Waals surface area contributed by atoms with Gasteiger partial charge in [-0.25, -0.2) is 4.79 Å². The van der Waals surface area contributed by atoms with Gasteiger partial charge >= 0.3 is 6.03 Å². The van der Waals surface area contributed by atoms with Crippen LogP contribution >= 0.6 is 23.1 Å². The number of benzene rings is 1. The van der Waals surface area contributed by atoms with Gasteiger partial charge in [-0.2, -0.15) is 0 Å². The van der Waals surface area contributed by atoms with Crippen molar-refractivity contribution in [3.63, 3.8) is 0 Å². The summed E-state index contributed by atoms with van der Waals surface area (Å²) in [6, 6.07) is 7.21. The first-order chi connectivity index (χ1) is 12.1. The summed E-state index contributed by atoms with van der Waals surface area (Å²) in [4.78, 5) is 23.2. The molecule has 1 aromatic carbocycles. The lowest BCUT2D eigenvalue weighted by Gasteiger charge is -2.04. The molecule has 0 aliphatic heterocycles. The zero-order chi connectivity index (χ0) is 17.6. The highest BCUT2D eigenvalue weighted by molar-refractivity contribution is 8.01. The topological polar surface area (TPSA) is 105 Å². The van der Waals surface area contributed by atoms with Gasteiger partial charge in [0.1, 0.15) is 5.75 Å². The predicted octanol–water partition coefficient (Wildman–Crippen LogP) is 2.37. The van der Waals surface area contributed by atoms with Crippen molar-refractivity contribution in [2.24, 2.45) is 0 Å². The SMILES string of the molecule is COc1ccc(Nc2nnc(SCC(=O)NC(=O)NC3CC3)s2)cc1. The first-order valence-electron chi connectivity index (χ1n) is 7.60. The Labute approximate surface area is 152 Å². The third kappa shape index (κ3) is 5.61. The fourth-order valence-corrected chi connectivity index (χ4v) is 3.43. The van der Waals surface area contributed by atoms with Crippen molar-refractivity contribution in [3.05, 3.63) is 24.3 Å². The number of rotatable bonds is 7.